The zero-order valence-corrected chi connectivity index (χ0v) is 19.1. The average molecular weight is 466 g/mol. The van der Waals surface area contributed by atoms with Crippen LogP contribution in [0.15, 0.2) is 40.6 Å². The number of methoxy groups -OCH3 is 1. The second-order valence-electron chi connectivity index (χ2n) is 7.57. The number of anilines is 1. The third-order valence-corrected chi connectivity index (χ3v) is 8.51. The standard InChI is InChI=1S/C21H27N3O5S2/c1-28-18-7-6-16(14-20(18)31(26,27)24-9-11-29-12-10-24)22-21(25)15-23-8-2-4-17(23)19-5-3-13-30-19/h3,5-7,13-14,17H,2,4,8-12,15H2,1H3,(H,22,25)/t17-/m0/s1. The van der Waals surface area contributed by atoms with Crippen molar-refractivity contribution >= 4 is 33.0 Å². The normalized spacial score (nSPS) is 20.6. The Morgan fingerprint density at radius 1 is 1.26 bits per heavy atom. The first-order valence-corrected chi connectivity index (χ1v) is 12.6. The highest BCUT2D eigenvalue weighted by atomic mass is 32.2. The number of nitrogens with one attached hydrogen (secondary N) is 1. The fourth-order valence-corrected chi connectivity index (χ4v) is 6.57. The van der Waals surface area contributed by atoms with Crippen LogP contribution in [0.25, 0.3) is 0 Å². The molecule has 0 unspecified atom stereocenters. The molecule has 1 atom stereocenters. The quantitative estimate of drug-likeness (QED) is 0.676. The van der Waals surface area contributed by atoms with Crippen molar-refractivity contribution in [2.75, 3.05) is 51.8 Å². The summed E-state index contributed by atoms with van der Waals surface area (Å²) >= 11 is 1.71. The van der Waals surface area contributed by atoms with E-state index in [9.17, 15) is 13.2 Å². The average Bonchev–Trinajstić information content (AvgIpc) is 3.46. The van der Waals surface area contributed by atoms with Crippen molar-refractivity contribution in [2.45, 2.75) is 23.8 Å². The Bertz CT molecular complexity index is 1000. The summed E-state index contributed by atoms with van der Waals surface area (Å²) in [7, 11) is -2.32. The van der Waals surface area contributed by atoms with Crippen molar-refractivity contribution in [2.24, 2.45) is 0 Å². The molecule has 1 N–H and O–H groups in total. The molecule has 0 saturated carbocycles. The predicted molar refractivity (Wildman–Crippen MR) is 119 cm³/mol. The number of hydrogen-bond acceptors (Lipinski definition) is 7. The van der Waals surface area contributed by atoms with Crippen LogP contribution in [0.1, 0.15) is 23.8 Å². The number of thiophene rings is 1. The van der Waals surface area contributed by atoms with Crippen molar-refractivity contribution in [3.8, 4) is 5.75 Å². The lowest BCUT2D eigenvalue weighted by Gasteiger charge is -2.27. The summed E-state index contributed by atoms with van der Waals surface area (Å²) in [5.41, 5.74) is 0.435. The summed E-state index contributed by atoms with van der Waals surface area (Å²) in [6.07, 6.45) is 2.10. The lowest BCUT2D eigenvalue weighted by atomic mass is 10.2. The highest BCUT2D eigenvalue weighted by molar-refractivity contribution is 7.89. The number of amides is 1. The van der Waals surface area contributed by atoms with Gasteiger partial charge in [0, 0.05) is 29.7 Å². The summed E-state index contributed by atoms with van der Waals surface area (Å²) < 4.78 is 38.2. The van der Waals surface area contributed by atoms with Gasteiger partial charge in [-0.2, -0.15) is 4.31 Å². The van der Waals surface area contributed by atoms with Crippen LogP contribution in [0.3, 0.4) is 0 Å². The number of carbonyl (C=O) groups is 1. The second kappa shape index (κ2) is 9.66. The predicted octanol–water partition coefficient (Wildman–Crippen LogP) is 2.55. The van der Waals surface area contributed by atoms with Crippen molar-refractivity contribution in [3.63, 3.8) is 0 Å². The Morgan fingerprint density at radius 3 is 2.77 bits per heavy atom. The molecule has 1 aromatic carbocycles. The monoisotopic (exact) mass is 465 g/mol. The number of nitrogens with zero attached hydrogens (tertiary/aromatic N) is 2. The summed E-state index contributed by atoms with van der Waals surface area (Å²) in [6.45, 7) is 2.44. The molecule has 8 nitrogen and oxygen atoms in total. The smallest absolute Gasteiger partial charge is 0.246 e. The molecule has 1 amide bonds. The van der Waals surface area contributed by atoms with Gasteiger partial charge in [0.2, 0.25) is 15.9 Å². The van der Waals surface area contributed by atoms with E-state index < -0.39 is 10.0 Å². The van der Waals surface area contributed by atoms with E-state index >= 15 is 0 Å². The summed E-state index contributed by atoms with van der Waals surface area (Å²) in [6, 6.07) is 9.12. The van der Waals surface area contributed by atoms with E-state index in [-0.39, 0.29) is 29.1 Å². The Labute approximate surface area is 186 Å². The molecule has 0 radical (unpaired) electrons. The molecular formula is C21H27N3O5S2. The van der Waals surface area contributed by atoms with Crippen LogP contribution in [0.2, 0.25) is 0 Å². The van der Waals surface area contributed by atoms with E-state index in [1.165, 1.54) is 22.4 Å². The molecule has 0 spiro atoms. The maximum absolute atomic E-state index is 13.1. The molecule has 31 heavy (non-hydrogen) atoms. The number of rotatable bonds is 7. The third kappa shape index (κ3) is 4.93. The highest BCUT2D eigenvalue weighted by Crippen LogP contribution is 2.34. The molecule has 2 aromatic rings. The van der Waals surface area contributed by atoms with Crippen LogP contribution in [0, 0.1) is 0 Å². The molecule has 3 heterocycles. The van der Waals surface area contributed by atoms with E-state index in [0.29, 0.717) is 32.0 Å². The summed E-state index contributed by atoms with van der Waals surface area (Å²) in [4.78, 5) is 16.2. The van der Waals surface area contributed by atoms with Crippen LogP contribution >= 0.6 is 11.3 Å². The van der Waals surface area contributed by atoms with E-state index in [0.717, 1.165) is 19.4 Å². The largest absolute Gasteiger partial charge is 0.495 e. The minimum absolute atomic E-state index is 0.0485. The first kappa shape index (κ1) is 22.2. The Balaban J connectivity index is 1.48. The molecule has 2 fully saturated rings. The molecule has 2 saturated heterocycles. The van der Waals surface area contributed by atoms with Crippen LogP contribution in [-0.2, 0) is 19.6 Å². The van der Waals surface area contributed by atoms with Gasteiger partial charge in [0.15, 0.2) is 0 Å². The maximum Gasteiger partial charge on any atom is 0.246 e. The summed E-state index contributed by atoms with van der Waals surface area (Å²) in [5.74, 6) is 0.0881. The van der Waals surface area contributed by atoms with Gasteiger partial charge in [0.1, 0.15) is 10.6 Å². The molecule has 0 bridgehead atoms. The number of carbonyl (C=O) groups excluding carboxylic acids is 1. The third-order valence-electron chi connectivity index (χ3n) is 5.62. The van der Waals surface area contributed by atoms with E-state index in [2.05, 4.69) is 21.7 Å². The molecule has 10 heteroatoms. The lowest BCUT2D eigenvalue weighted by molar-refractivity contribution is -0.117. The van der Waals surface area contributed by atoms with E-state index in [4.69, 9.17) is 9.47 Å². The number of hydrogen-bond donors (Lipinski definition) is 1. The first-order chi connectivity index (χ1) is 15.0. The van der Waals surface area contributed by atoms with Crippen molar-refractivity contribution in [1.82, 2.24) is 9.21 Å². The fraction of sp³-hybridized carbons (Fsp3) is 0.476. The maximum atomic E-state index is 13.1. The van der Waals surface area contributed by atoms with Crippen LogP contribution in [0.4, 0.5) is 5.69 Å². The SMILES string of the molecule is COc1ccc(NC(=O)CN2CCC[C@H]2c2cccs2)cc1S(=O)(=O)N1CCOCC1. The first-order valence-electron chi connectivity index (χ1n) is 10.3. The number of likely N-dealkylation sites (tertiary alicyclic amines) is 1. The van der Waals surface area contributed by atoms with E-state index in [1.54, 1.807) is 23.5 Å². The zero-order valence-electron chi connectivity index (χ0n) is 17.5. The number of benzene rings is 1. The molecule has 2 aliphatic heterocycles. The van der Waals surface area contributed by atoms with Gasteiger partial charge in [-0.15, -0.1) is 11.3 Å². The molecular weight excluding hydrogens is 438 g/mol. The highest BCUT2D eigenvalue weighted by Gasteiger charge is 2.31. The van der Waals surface area contributed by atoms with Crippen LogP contribution < -0.4 is 10.1 Å². The van der Waals surface area contributed by atoms with Gasteiger partial charge in [0.05, 0.1) is 26.9 Å². The van der Waals surface area contributed by atoms with E-state index in [1.807, 2.05) is 6.07 Å². The van der Waals surface area contributed by atoms with Crippen LogP contribution in [0.5, 0.6) is 5.75 Å². The summed E-state index contributed by atoms with van der Waals surface area (Å²) in [5, 5.41) is 4.92. The molecule has 168 valence electrons. The Kier molecular flexibility index (Phi) is 6.92. The molecule has 0 aliphatic carbocycles. The van der Waals surface area contributed by atoms with Crippen molar-refractivity contribution in [3.05, 3.63) is 40.6 Å². The van der Waals surface area contributed by atoms with Gasteiger partial charge in [-0.25, -0.2) is 8.42 Å². The minimum atomic E-state index is -3.76. The number of ether oxygens (including phenoxy) is 2. The minimum Gasteiger partial charge on any atom is -0.495 e. The van der Waals surface area contributed by atoms with Gasteiger partial charge in [-0.05, 0) is 49.0 Å². The number of morpholine rings is 1. The Hall–Kier alpha value is -1.98. The zero-order chi connectivity index (χ0) is 21.8. The Morgan fingerprint density at radius 2 is 2.06 bits per heavy atom. The topological polar surface area (TPSA) is 88.2 Å². The van der Waals surface area contributed by atoms with Crippen LogP contribution in [-0.4, -0.2) is 70.0 Å². The molecule has 4 rings (SSSR count). The second-order valence-corrected chi connectivity index (χ2v) is 10.5. The molecule has 2 aliphatic rings. The van der Waals surface area contributed by atoms with Gasteiger partial charge in [-0.1, -0.05) is 6.07 Å². The van der Waals surface area contributed by atoms with Gasteiger partial charge in [-0.3, -0.25) is 9.69 Å². The van der Waals surface area contributed by atoms with Crippen molar-refractivity contribution in [1.29, 1.82) is 0 Å². The van der Waals surface area contributed by atoms with Gasteiger partial charge >= 0.3 is 0 Å². The molecule has 1 aromatic heterocycles. The number of sulfonamides is 1. The van der Waals surface area contributed by atoms with Gasteiger partial charge in [0.25, 0.3) is 0 Å². The van der Waals surface area contributed by atoms with Crippen molar-refractivity contribution < 1.29 is 22.7 Å². The fourth-order valence-electron chi connectivity index (χ4n) is 4.09. The van der Waals surface area contributed by atoms with Gasteiger partial charge < -0.3 is 14.8 Å². The lowest BCUT2D eigenvalue weighted by Crippen LogP contribution is -2.40.